The van der Waals surface area contributed by atoms with Gasteiger partial charge in [0.2, 0.25) is 0 Å². The molecule has 0 spiro atoms. The van der Waals surface area contributed by atoms with Gasteiger partial charge in [-0.3, -0.25) is 4.79 Å². The standard InChI is InChI=1S/C15H15N3O/c1-3-18-13-7-5-4-6-12(13)17-14(18)11-8-10(2)15(19)16-9-11/h4-9H,3H2,1-2H3,(H,16,19). The van der Waals surface area contributed by atoms with E-state index in [0.717, 1.165) is 29.0 Å². The number of rotatable bonds is 2. The lowest BCUT2D eigenvalue weighted by Crippen LogP contribution is -2.09. The van der Waals surface area contributed by atoms with Gasteiger partial charge >= 0.3 is 0 Å². The van der Waals surface area contributed by atoms with Gasteiger partial charge in [0.25, 0.3) is 5.56 Å². The molecule has 2 aromatic heterocycles. The third-order valence-corrected chi connectivity index (χ3v) is 3.32. The predicted octanol–water partition coefficient (Wildman–Crippen LogP) is 2.72. The topological polar surface area (TPSA) is 50.7 Å². The molecule has 0 atom stereocenters. The third kappa shape index (κ3) is 1.85. The molecule has 96 valence electrons. The van der Waals surface area contributed by atoms with Crippen molar-refractivity contribution in [3.8, 4) is 11.4 Å². The fourth-order valence-corrected chi connectivity index (χ4v) is 2.34. The van der Waals surface area contributed by atoms with Gasteiger partial charge in [0, 0.05) is 23.9 Å². The van der Waals surface area contributed by atoms with Crippen LogP contribution in [0.4, 0.5) is 0 Å². The second kappa shape index (κ2) is 4.39. The summed E-state index contributed by atoms with van der Waals surface area (Å²) >= 11 is 0. The molecule has 0 bridgehead atoms. The number of nitrogens with one attached hydrogen (secondary N) is 1. The first kappa shape index (κ1) is 11.7. The Hall–Kier alpha value is -2.36. The molecule has 1 aromatic carbocycles. The minimum Gasteiger partial charge on any atom is -0.328 e. The van der Waals surface area contributed by atoms with Crippen LogP contribution in [0.25, 0.3) is 22.4 Å². The van der Waals surface area contributed by atoms with Crippen LogP contribution in [0.1, 0.15) is 12.5 Å². The van der Waals surface area contributed by atoms with Gasteiger partial charge in [-0.15, -0.1) is 0 Å². The summed E-state index contributed by atoms with van der Waals surface area (Å²) in [5.74, 6) is 0.892. The maximum absolute atomic E-state index is 11.4. The molecule has 0 aliphatic heterocycles. The van der Waals surface area contributed by atoms with Gasteiger partial charge in [0.15, 0.2) is 0 Å². The largest absolute Gasteiger partial charge is 0.328 e. The number of para-hydroxylation sites is 2. The molecule has 2 heterocycles. The second-order valence-corrected chi connectivity index (χ2v) is 4.57. The summed E-state index contributed by atoms with van der Waals surface area (Å²) in [6.45, 7) is 4.74. The van der Waals surface area contributed by atoms with Crippen LogP contribution in [0.2, 0.25) is 0 Å². The van der Waals surface area contributed by atoms with Crippen LogP contribution in [-0.2, 0) is 6.54 Å². The molecule has 4 heteroatoms. The van der Waals surface area contributed by atoms with E-state index < -0.39 is 0 Å². The van der Waals surface area contributed by atoms with Gasteiger partial charge in [0.1, 0.15) is 5.82 Å². The Morgan fingerprint density at radius 2 is 2.11 bits per heavy atom. The monoisotopic (exact) mass is 253 g/mol. The first-order chi connectivity index (χ1) is 9.20. The van der Waals surface area contributed by atoms with E-state index in [1.807, 2.05) is 24.3 Å². The molecule has 0 saturated heterocycles. The smallest absolute Gasteiger partial charge is 0.250 e. The van der Waals surface area contributed by atoms with E-state index in [2.05, 4.69) is 27.5 Å². The van der Waals surface area contributed by atoms with E-state index in [0.29, 0.717) is 5.56 Å². The van der Waals surface area contributed by atoms with Crippen molar-refractivity contribution in [2.75, 3.05) is 0 Å². The van der Waals surface area contributed by atoms with Gasteiger partial charge in [-0.2, -0.15) is 0 Å². The van der Waals surface area contributed by atoms with Gasteiger partial charge in [-0.25, -0.2) is 4.98 Å². The highest BCUT2D eigenvalue weighted by atomic mass is 16.1. The van der Waals surface area contributed by atoms with Gasteiger partial charge in [-0.05, 0) is 32.0 Å². The highest BCUT2D eigenvalue weighted by molar-refractivity contribution is 5.80. The van der Waals surface area contributed by atoms with Crippen molar-refractivity contribution < 1.29 is 0 Å². The summed E-state index contributed by atoms with van der Waals surface area (Å²) < 4.78 is 2.16. The van der Waals surface area contributed by atoms with E-state index in [-0.39, 0.29) is 5.56 Å². The molecule has 0 radical (unpaired) electrons. The molecule has 19 heavy (non-hydrogen) atoms. The Labute approximate surface area is 110 Å². The van der Waals surface area contributed by atoms with Crippen LogP contribution in [0.3, 0.4) is 0 Å². The lowest BCUT2D eigenvalue weighted by atomic mass is 10.2. The number of aromatic amines is 1. The van der Waals surface area contributed by atoms with E-state index in [1.54, 1.807) is 13.1 Å². The first-order valence-electron chi connectivity index (χ1n) is 6.35. The molecule has 0 saturated carbocycles. The van der Waals surface area contributed by atoms with E-state index in [9.17, 15) is 4.79 Å². The summed E-state index contributed by atoms with van der Waals surface area (Å²) in [7, 11) is 0. The number of hydrogen-bond acceptors (Lipinski definition) is 2. The summed E-state index contributed by atoms with van der Waals surface area (Å²) in [6, 6.07) is 9.94. The number of H-pyrrole nitrogens is 1. The second-order valence-electron chi connectivity index (χ2n) is 4.57. The van der Waals surface area contributed by atoms with E-state index >= 15 is 0 Å². The van der Waals surface area contributed by atoms with Crippen LogP contribution in [-0.4, -0.2) is 14.5 Å². The molecule has 0 fully saturated rings. The van der Waals surface area contributed by atoms with Gasteiger partial charge < -0.3 is 9.55 Å². The van der Waals surface area contributed by atoms with Crippen LogP contribution >= 0.6 is 0 Å². The maximum atomic E-state index is 11.4. The molecule has 0 amide bonds. The highest BCUT2D eigenvalue weighted by Crippen LogP contribution is 2.24. The molecule has 3 aromatic rings. The van der Waals surface area contributed by atoms with Crippen molar-refractivity contribution in [1.29, 1.82) is 0 Å². The molecule has 4 nitrogen and oxygen atoms in total. The number of aryl methyl sites for hydroxylation is 2. The summed E-state index contributed by atoms with van der Waals surface area (Å²) in [5, 5.41) is 0. The lowest BCUT2D eigenvalue weighted by Gasteiger charge is -2.06. The van der Waals surface area contributed by atoms with E-state index in [4.69, 9.17) is 0 Å². The van der Waals surface area contributed by atoms with Crippen molar-refractivity contribution in [1.82, 2.24) is 14.5 Å². The zero-order chi connectivity index (χ0) is 13.4. The molecule has 0 aliphatic rings. The van der Waals surface area contributed by atoms with Crippen LogP contribution in [0, 0.1) is 6.92 Å². The molecular formula is C15H15N3O. The molecule has 0 unspecified atom stereocenters. The fourth-order valence-electron chi connectivity index (χ4n) is 2.34. The minimum absolute atomic E-state index is 0.0529. The van der Waals surface area contributed by atoms with Crippen LogP contribution in [0.15, 0.2) is 41.3 Å². The number of nitrogens with zero attached hydrogens (tertiary/aromatic N) is 2. The quantitative estimate of drug-likeness (QED) is 0.763. The Morgan fingerprint density at radius 3 is 2.84 bits per heavy atom. The van der Waals surface area contributed by atoms with E-state index in [1.165, 1.54) is 0 Å². The van der Waals surface area contributed by atoms with Crippen molar-refractivity contribution in [2.45, 2.75) is 20.4 Å². The van der Waals surface area contributed by atoms with Crippen molar-refractivity contribution in [3.63, 3.8) is 0 Å². The Balaban J connectivity index is 2.29. The maximum Gasteiger partial charge on any atom is 0.250 e. The van der Waals surface area contributed by atoms with Gasteiger partial charge in [0.05, 0.1) is 11.0 Å². The Morgan fingerprint density at radius 1 is 1.32 bits per heavy atom. The number of fused-ring (bicyclic) bond motifs is 1. The average Bonchev–Trinajstić information content (AvgIpc) is 2.80. The zero-order valence-corrected chi connectivity index (χ0v) is 11.0. The van der Waals surface area contributed by atoms with Crippen molar-refractivity contribution >= 4 is 11.0 Å². The van der Waals surface area contributed by atoms with Crippen LogP contribution < -0.4 is 5.56 Å². The third-order valence-electron chi connectivity index (χ3n) is 3.32. The first-order valence-corrected chi connectivity index (χ1v) is 6.35. The summed E-state index contributed by atoms with van der Waals surface area (Å²) in [4.78, 5) is 18.9. The number of benzene rings is 1. The number of imidazole rings is 1. The van der Waals surface area contributed by atoms with Gasteiger partial charge in [-0.1, -0.05) is 12.1 Å². The Kier molecular flexibility index (Phi) is 2.71. The number of aromatic nitrogens is 3. The molecule has 0 aliphatic carbocycles. The predicted molar refractivity (Wildman–Crippen MR) is 76.2 cm³/mol. The highest BCUT2D eigenvalue weighted by Gasteiger charge is 2.11. The number of pyridine rings is 1. The minimum atomic E-state index is -0.0529. The summed E-state index contributed by atoms with van der Waals surface area (Å²) in [5.41, 5.74) is 3.68. The zero-order valence-electron chi connectivity index (χ0n) is 11.0. The summed E-state index contributed by atoms with van der Waals surface area (Å²) in [6.07, 6.45) is 1.72. The number of hydrogen-bond donors (Lipinski definition) is 1. The average molecular weight is 253 g/mol. The molecule has 3 rings (SSSR count). The van der Waals surface area contributed by atoms with Crippen LogP contribution in [0.5, 0.6) is 0 Å². The molecular weight excluding hydrogens is 238 g/mol. The molecule has 1 N–H and O–H groups in total. The Bertz CT molecular complexity index is 799. The fraction of sp³-hybridized carbons (Fsp3) is 0.200. The normalized spacial score (nSPS) is 11.1. The lowest BCUT2D eigenvalue weighted by molar-refractivity contribution is 0.795. The van der Waals surface area contributed by atoms with Crippen molar-refractivity contribution in [3.05, 3.63) is 52.4 Å². The van der Waals surface area contributed by atoms with Crippen molar-refractivity contribution in [2.24, 2.45) is 0 Å². The SMILES string of the molecule is CCn1c(-c2c[nH]c(=O)c(C)c2)nc2ccccc21.